The normalized spacial score (nSPS) is 10.5. The van der Waals surface area contributed by atoms with E-state index in [2.05, 4.69) is 35.1 Å². The van der Waals surface area contributed by atoms with Crippen LogP contribution in [0.15, 0.2) is 54.6 Å². The lowest BCUT2D eigenvalue weighted by Gasteiger charge is -2.08. The third kappa shape index (κ3) is 12.2. The van der Waals surface area contributed by atoms with E-state index in [-0.39, 0.29) is 24.7 Å². The van der Waals surface area contributed by atoms with Crippen molar-refractivity contribution in [2.24, 2.45) is 5.73 Å². The van der Waals surface area contributed by atoms with Gasteiger partial charge in [-0.05, 0) is 68.2 Å². The lowest BCUT2D eigenvalue weighted by Crippen LogP contribution is -2.29. The second-order valence-corrected chi connectivity index (χ2v) is 8.38. The van der Waals surface area contributed by atoms with Crippen molar-refractivity contribution >= 4 is 17.8 Å². The summed E-state index contributed by atoms with van der Waals surface area (Å²) in [6, 6.07) is 18.4. The number of nitrogens with one attached hydrogen (secondary N) is 2. The topological polar surface area (TPSA) is 111 Å². The predicted molar refractivity (Wildman–Crippen MR) is 133 cm³/mol. The Bertz CT molecular complexity index is 869. The number of carbonyl (C=O) groups excluding carboxylic acids is 3. The van der Waals surface area contributed by atoms with E-state index in [1.165, 1.54) is 11.1 Å². The highest BCUT2D eigenvalue weighted by Crippen LogP contribution is 2.11. The maximum absolute atomic E-state index is 12.0. The second kappa shape index (κ2) is 16.4. The van der Waals surface area contributed by atoms with E-state index in [1.807, 2.05) is 30.3 Å². The van der Waals surface area contributed by atoms with E-state index in [1.54, 1.807) is 0 Å². The van der Waals surface area contributed by atoms with Crippen LogP contribution in [0.5, 0.6) is 0 Å². The van der Waals surface area contributed by atoms with Crippen LogP contribution in [0, 0.1) is 0 Å². The van der Waals surface area contributed by atoms with Gasteiger partial charge in [-0.1, -0.05) is 54.6 Å². The average molecular weight is 468 g/mol. The van der Waals surface area contributed by atoms with Crippen LogP contribution in [-0.4, -0.2) is 30.9 Å². The zero-order valence-electron chi connectivity index (χ0n) is 19.9. The molecule has 0 unspecified atom stereocenters. The summed E-state index contributed by atoms with van der Waals surface area (Å²) >= 11 is 0. The van der Waals surface area contributed by atoms with Crippen molar-refractivity contribution in [2.45, 2.75) is 64.2 Å². The van der Waals surface area contributed by atoms with Gasteiger partial charge in [0, 0.05) is 19.4 Å². The second-order valence-electron chi connectivity index (χ2n) is 8.38. The van der Waals surface area contributed by atoms with Gasteiger partial charge < -0.3 is 15.9 Å². The van der Waals surface area contributed by atoms with Gasteiger partial charge in [-0.2, -0.15) is 5.48 Å². The highest BCUT2D eigenvalue weighted by molar-refractivity contribution is 5.80. The molecule has 7 heteroatoms. The number of nitrogens with two attached hydrogens (primary N) is 1. The average Bonchev–Trinajstić information content (AvgIpc) is 2.85. The monoisotopic (exact) mass is 467 g/mol. The SMILES string of the molecule is NCCCCC(=O)NCCCC(=O)ONC(=O)Cc1ccc(CCCCc2ccccc2)cc1. The molecule has 0 aliphatic heterocycles. The highest BCUT2D eigenvalue weighted by Gasteiger charge is 2.09. The van der Waals surface area contributed by atoms with Gasteiger partial charge in [0.1, 0.15) is 0 Å². The zero-order valence-corrected chi connectivity index (χ0v) is 19.9. The molecular weight excluding hydrogens is 430 g/mol. The molecule has 0 fully saturated rings. The Morgan fingerprint density at radius 2 is 1.35 bits per heavy atom. The summed E-state index contributed by atoms with van der Waals surface area (Å²) in [6.45, 7) is 0.967. The molecule has 34 heavy (non-hydrogen) atoms. The number of rotatable bonds is 15. The molecule has 2 amide bonds. The molecule has 0 radical (unpaired) electrons. The van der Waals surface area contributed by atoms with Gasteiger partial charge in [0.2, 0.25) is 5.91 Å². The van der Waals surface area contributed by atoms with Crippen molar-refractivity contribution in [1.82, 2.24) is 10.8 Å². The molecule has 0 aromatic heterocycles. The molecule has 0 aliphatic rings. The minimum atomic E-state index is -0.531. The molecule has 0 aliphatic carbocycles. The fourth-order valence-electron chi connectivity index (χ4n) is 3.49. The Kier molecular flexibility index (Phi) is 13.1. The summed E-state index contributed by atoms with van der Waals surface area (Å²) in [5.74, 6) is -0.956. The minimum Gasteiger partial charge on any atom is -0.356 e. The van der Waals surface area contributed by atoms with Crippen LogP contribution >= 0.6 is 0 Å². The number of unbranched alkanes of at least 4 members (excludes halogenated alkanes) is 2. The molecule has 184 valence electrons. The summed E-state index contributed by atoms with van der Waals surface area (Å²) in [4.78, 5) is 40.2. The summed E-state index contributed by atoms with van der Waals surface area (Å²) in [5, 5.41) is 2.75. The first-order valence-electron chi connectivity index (χ1n) is 12.1. The number of benzene rings is 2. The van der Waals surface area contributed by atoms with Crippen LogP contribution in [0.2, 0.25) is 0 Å². The van der Waals surface area contributed by atoms with E-state index < -0.39 is 5.97 Å². The molecule has 0 saturated heterocycles. The van der Waals surface area contributed by atoms with Crippen LogP contribution in [0.1, 0.15) is 61.6 Å². The minimum absolute atomic E-state index is 0.0478. The smallest absolute Gasteiger partial charge is 0.332 e. The Balaban J connectivity index is 1.54. The van der Waals surface area contributed by atoms with Crippen LogP contribution in [-0.2, 0) is 38.5 Å². The summed E-state index contributed by atoms with van der Waals surface area (Å²) < 4.78 is 0. The summed E-state index contributed by atoms with van der Waals surface area (Å²) in [7, 11) is 0. The van der Waals surface area contributed by atoms with Crippen LogP contribution in [0.4, 0.5) is 0 Å². The van der Waals surface area contributed by atoms with Gasteiger partial charge in [0.15, 0.2) is 0 Å². The van der Waals surface area contributed by atoms with Crippen molar-refractivity contribution in [3.05, 3.63) is 71.3 Å². The predicted octanol–water partition coefficient (Wildman–Crippen LogP) is 3.39. The van der Waals surface area contributed by atoms with Gasteiger partial charge in [0.05, 0.1) is 6.42 Å². The Morgan fingerprint density at radius 3 is 2.03 bits per heavy atom. The lowest BCUT2D eigenvalue weighted by atomic mass is 10.0. The largest absolute Gasteiger partial charge is 0.356 e. The highest BCUT2D eigenvalue weighted by atomic mass is 16.7. The maximum Gasteiger partial charge on any atom is 0.332 e. The fraction of sp³-hybridized carbons (Fsp3) is 0.444. The molecule has 0 saturated carbocycles. The number of amides is 2. The zero-order chi connectivity index (χ0) is 24.4. The third-order valence-corrected chi connectivity index (χ3v) is 5.43. The van der Waals surface area contributed by atoms with E-state index >= 15 is 0 Å². The fourth-order valence-corrected chi connectivity index (χ4v) is 3.49. The lowest BCUT2D eigenvalue weighted by molar-refractivity contribution is -0.158. The summed E-state index contributed by atoms with van der Waals surface area (Å²) in [5.41, 5.74) is 11.1. The van der Waals surface area contributed by atoms with Crippen LogP contribution in [0.25, 0.3) is 0 Å². The quantitative estimate of drug-likeness (QED) is 0.275. The molecule has 0 bridgehead atoms. The molecule has 2 aromatic rings. The first kappa shape index (κ1) is 27.1. The Hall–Kier alpha value is -3.19. The van der Waals surface area contributed by atoms with Crippen LogP contribution in [0.3, 0.4) is 0 Å². The number of aryl methyl sites for hydroxylation is 2. The van der Waals surface area contributed by atoms with E-state index in [9.17, 15) is 14.4 Å². The van der Waals surface area contributed by atoms with Gasteiger partial charge in [-0.25, -0.2) is 4.79 Å². The molecule has 4 N–H and O–H groups in total. The third-order valence-electron chi connectivity index (χ3n) is 5.43. The van der Waals surface area contributed by atoms with Crippen molar-refractivity contribution in [2.75, 3.05) is 13.1 Å². The summed E-state index contributed by atoms with van der Waals surface area (Å²) in [6.07, 6.45) is 7.06. The molecule has 2 aromatic carbocycles. The van der Waals surface area contributed by atoms with E-state index in [0.717, 1.165) is 44.1 Å². The molecule has 2 rings (SSSR count). The van der Waals surface area contributed by atoms with Gasteiger partial charge in [-0.3, -0.25) is 9.59 Å². The van der Waals surface area contributed by atoms with Crippen molar-refractivity contribution < 1.29 is 19.2 Å². The molecule has 0 spiro atoms. The van der Waals surface area contributed by atoms with Gasteiger partial charge in [-0.15, -0.1) is 0 Å². The van der Waals surface area contributed by atoms with Gasteiger partial charge >= 0.3 is 5.97 Å². The van der Waals surface area contributed by atoms with Crippen molar-refractivity contribution in [1.29, 1.82) is 0 Å². The molecular formula is C27H37N3O4. The number of hydrogen-bond acceptors (Lipinski definition) is 5. The molecule has 7 nitrogen and oxygen atoms in total. The number of carbonyl (C=O) groups is 3. The first-order chi connectivity index (χ1) is 16.6. The first-order valence-corrected chi connectivity index (χ1v) is 12.1. The van der Waals surface area contributed by atoms with E-state index in [4.69, 9.17) is 10.6 Å². The van der Waals surface area contributed by atoms with E-state index in [0.29, 0.717) is 25.9 Å². The Morgan fingerprint density at radius 1 is 0.706 bits per heavy atom. The van der Waals surface area contributed by atoms with Crippen molar-refractivity contribution in [3.63, 3.8) is 0 Å². The number of hydroxylamine groups is 1. The van der Waals surface area contributed by atoms with Crippen molar-refractivity contribution in [3.8, 4) is 0 Å². The van der Waals surface area contributed by atoms with Crippen LogP contribution < -0.4 is 16.5 Å². The molecule has 0 atom stereocenters. The maximum atomic E-state index is 12.0. The number of hydrogen-bond donors (Lipinski definition) is 3. The standard InChI is InChI=1S/C27H37N3O4/c28-19-7-6-13-25(31)29-20-8-14-27(33)34-30-26(32)21-24-17-15-23(16-18-24)12-5-4-11-22-9-2-1-3-10-22/h1-3,9-10,15-18H,4-8,11-14,19-21,28H2,(H,29,31)(H,30,32). The Labute approximate surface area is 202 Å². The molecule has 0 heterocycles. The van der Waals surface area contributed by atoms with Gasteiger partial charge in [0.25, 0.3) is 5.91 Å².